The van der Waals surface area contributed by atoms with E-state index in [2.05, 4.69) is 18.8 Å². The number of carbonyl (C=O) groups excluding carboxylic acids is 1. The molecule has 25 heavy (non-hydrogen) atoms. The van der Waals surface area contributed by atoms with Gasteiger partial charge in [-0.15, -0.1) is 0 Å². The summed E-state index contributed by atoms with van der Waals surface area (Å²) >= 11 is 0. The summed E-state index contributed by atoms with van der Waals surface area (Å²) in [5.74, 6) is 4.41. The van der Waals surface area contributed by atoms with E-state index >= 15 is 0 Å². The van der Waals surface area contributed by atoms with Gasteiger partial charge in [0.1, 0.15) is 11.9 Å². The van der Waals surface area contributed by atoms with E-state index in [-0.39, 0.29) is 30.5 Å². The Morgan fingerprint density at radius 2 is 1.92 bits per heavy atom. The smallest absolute Gasteiger partial charge is 0.303 e. The van der Waals surface area contributed by atoms with Crippen LogP contribution in [-0.4, -0.2) is 39.3 Å². The van der Waals surface area contributed by atoms with Crippen molar-refractivity contribution in [2.45, 2.75) is 89.8 Å². The Morgan fingerprint density at radius 3 is 2.60 bits per heavy atom. The summed E-state index contributed by atoms with van der Waals surface area (Å²) in [6.07, 6.45) is 6.50. The molecule has 0 heterocycles. The van der Waals surface area contributed by atoms with E-state index in [4.69, 9.17) is 5.11 Å². The van der Waals surface area contributed by atoms with Gasteiger partial charge in [0.2, 0.25) is 0 Å². The van der Waals surface area contributed by atoms with Crippen molar-refractivity contribution in [3.63, 3.8) is 0 Å². The van der Waals surface area contributed by atoms with Gasteiger partial charge in [-0.3, -0.25) is 9.59 Å². The molecular weight excluding hydrogens is 320 g/mol. The third kappa shape index (κ3) is 8.51. The molecule has 1 aliphatic rings. The van der Waals surface area contributed by atoms with Crippen molar-refractivity contribution >= 4 is 11.8 Å². The van der Waals surface area contributed by atoms with Crippen LogP contribution in [0.4, 0.5) is 0 Å². The monoisotopic (exact) mass is 352 g/mol. The zero-order valence-corrected chi connectivity index (χ0v) is 15.2. The zero-order chi connectivity index (χ0) is 18.7. The predicted octanol–water partition coefficient (Wildman–Crippen LogP) is 2.92. The minimum absolute atomic E-state index is 0.0535. The van der Waals surface area contributed by atoms with E-state index in [1.165, 1.54) is 0 Å². The number of aliphatic hydroxyl groups is 2. The van der Waals surface area contributed by atoms with Crippen LogP contribution in [0.5, 0.6) is 0 Å². The van der Waals surface area contributed by atoms with Gasteiger partial charge in [0.15, 0.2) is 0 Å². The number of ketones is 1. The van der Waals surface area contributed by atoms with E-state index in [0.29, 0.717) is 19.3 Å². The molecule has 3 N–H and O–H groups in total. The molecule has 5 heteroatoms. The van der Waals surface area contributed by atoms with Crippen molar-refractivity contribution in [3.05, 3.63) is 0 Å². The number of hydrogen-bond acceptors (Lipinski definition) is 4. The highest BCUT2D eigenvalue weighted by Crippen LogP contribution is 2.33. The number of carboxylic acids is 1. The first-order chi connectivity index (χ1) is 12.0. The molecule has 0 radical (unpaired) electrons. The van der Waals surface area contributed by atoms with Crippen molar-refractivity contribution in [2.75, 3.05) is 0 Å². The van der Waals surface area contributed by atoms with Crippen molar-refractivity contribution < 1.29 is 24.9 Å². The molecule has 0 aromatic carbocycles. The molecule has 1 aliphatic carbocycles. The normalized spacial score (nSPS) is 24.0. The third-order valence-electron chi connectivity index (χ3n) is 4.83. The number of carboxylic acid groups (broad SMARTS) is 1. The fourth-order valence-corrected chi connectivity index (χ4v) is 3.34. The number of Topliss-reactive ketones (excluding diaryl/α,β-unsaturated/α-hetero) is 1. The summed E-state index contributed by atoms with van der Waals surface area (Å²) in [5, 5.41) is 28.6. The first kappa shape index (κ1) is 21.7. The SMILES string of the molecule is CCCCC[C@H](O)C#C[C@H]1[C@H](O)CC(=O)[C@@H]1CCCCCCC(=O)O. The second-order valence-corrected chi connectivity index (χ2v) is 7.02. The predicted molar refractivity (Wildman–Crippen MR) is 95.9 cm³/mol. The molecule has 0 aromatic heterocycles. The fraction of sp³-hybridized carbons (Fsp3) is 0.800. The van der Waals surface area contributed by atoms with Crippen LogP contribution in [0.3, 0.4) is 0 Å². The van der Waals surface area contributed by atoms with Crippen molar-refractivity contribution in [1.82, 2.24) is 0 Å². The Bertz CT molecular complexity index is 476. The molecule has 1 fully saturated rings. The van der Waals surface area contributed by atoms with E-state index < -0.39 is 18.2 Å². The maximum atomic E-state index is 12.1. The second kappa shape index (κ2) is 12.1. The summed E-state index contributed by atoms with van der Waals surface area (Å²) in [6, 6.07) is 0. The molecular formula is C20H32O5. The number of rotatable bonds is 11. The average Bonchev–Trinajstić information content (AvgIpc) is 2.82. The van der Waals surface area contributed by atoms with Crippen LogP contribution in [-0.2, 0) is 9.59 Å². The van der Waals surface area contributed by atoms with E-state index in [9.17, 15) is 19.8 Å². The second-order valence-electron chi connectivity index (χ2n) is 7.02. The highest BCUT2D eigenvalue weighted by molar-refractivity contribution is 5.84. The maximum absolute atomic E-state index is 12.1. The summed E-state index contributed by atoms with van der Waals surface area (Å²) in [4.78, 5) is 22.6. The topological polar surface area (TPSA) is 94.8 Å². The maximum Gasteiger partial charge on any atom is 0.303 e. The highest BCUT2D eigenvalue weighted by Gasteiger charge is 2.40. The van der Waals surface area contributed by atoms with Gasteiger partial charge in [-0.25, -0.2) is 0 Å². The van der Waals surface area contributed by atoms with Crippen LogP contribution in [0, 0.1) is 23.7 Å². The minimum Gasteiger partial charge on any atom is -0.481 e. The van der Waals surface area contributed by atoms with Gasteiger partial charge in [-0.05, 0) is 25.7 Å². The molecule has 0 spiro atoms. The quantitative estimate of drug-likeness (QED) is 0.392. The molecule has 0 amide bonds. The van der Waals surface area contributed by atoms with Crippen LogP contribution >= 0.6 is 0 Å². The molecule has 0 bridgehead atoms. The van der Waals surface area contributed by atoms with E-state index in [0.717, 1.165) is 38.5 Å². The van der Waals surface area contributed by atoms with Crippen LogP contribution < -0.4 is 0 Å². The zero-order valence-electron chi connectivity index (χ0n) is 15.2. The lowest BCUT2D eigenvalue weighted by Gasteiger charge is -2.15. The molecule has 1 saturated carbocycles. The van der Waals surface area contributed by atoms with Crippen molar-refractivity contribution in [3.8, 4) is 11.8 Å². The Morgan fingerprint density at radius 1 is 1.20 bits per heavy atom. The molecule has 1 rings (SSSR count). The van der Waals surface area contributed by atoms with Crippen LogP contribution in [0.15, 0.2) is 0 Å². The highest BCUT2D eigenvalue weighted by atomic mass is 16.4. The molecule has 142 valence electrons. The van der Waals surface area contributed by atoms with E-state index in [1.54, 1.807) is 0 Å². The summed E-state index contributed by atoms with van der Waals surface area (Å²) in [7, 11) is 0. The Labute approximate surface area is 150 Å². The number of aliphatic carboxylic acids is 1. The van der Waals surface area contributed by atoms with Gasteiger partial charge in [-0.2, -0.15) is 0 Å². The largest absolute Gasteiger partial charge is 0.481 e. The Kier molecular flexibility index (Phi) is 10.4. The standard InChI is InChI=1S/C20H32O5/c1-2-3-6-9-15(21)12-13-17-16(18(22)14-19(17)23)10-7-4-5-8-11-20(24)25/h15-17,19,21,23H,2-11,14H2,1H3,(H,24,25)/t15-,16+,17+,19+/m0/s1. The summed E-state index contributed by atoms with van der Waals surface area (Å²) < 4.78 is 0. The first-order valence-corrected chi connectivity index (χ1v) is 9.57. The molecule has 4 atom stereocenters. The Hall–Kier alpha value is -1.38. The van der Waals surface area contributed by atoms with Crippen LogP contribution in [0.25, 0.3) is 0 Å². The summed E-state index contributed by atoms with van der Waals surface area (Å²) in [5.41, 5.74) is 0. The lowest BCUT2D eigenvalue weighted by Crippen LogP contribution is -2.19. The van der Waals surface area contributed by atoms with Gasteiger partial charge in [0, 0.05) is 18.8 Å². The summed E-state index contributed by atoms with van der Waals surface area (Å²) in [6.45, 7) is 2.10. The van der Waals surface area contributed by atoms with Crippen molar-refractivity contribution in [1.29, 1.82) is 0 Å². The number of aliphatic hydroxyl groups excluding tert-OH is 2. The number of unbranched alkanes of at least 4 members (excludes halogenated alkanes) is 5. The van der Waals surface area contributed by atoms with Gasteiger partial charge < -0.3 is 15.3 Å². The first-order valence-electron chi connectivity index (χ1n) is 9.57. The van der Waals surface area contributed by atoms with Gasteiger partial charge >= 0.3 is 5.97 Å². The third-order valence-corrected chi connectivity index (χ3v) is 4.83. The minimum atomic E-state index is -0.776. The Balaban J connectivity index is 2.42. The van der Waals surface area contributed by atoms with Crippen molar-refractivity contribution in [2.24, 2.45) is 11.8 Å². The molecule has 0 aliphatic heterocycles. The molecule has 0 unspecified atom stereocenters. The van der Waals surface area contributed by atoms with Gasteiger partial charge in [0.25, 0.3) is 0 Å². The fourth-order valence-electron chi connectivity index (χ4n) is 3.34. The number of carbonyl (C=O) groups is 2. The lowest BCUT2D eigenvalue weighted by atomic mass is 9.89. The molecule has 5 nitrogen and oxygen atoms in total. The molecule has 0 aromatic rings. The lowest BCUT2D eigenvalue weighted by molar-refractivity contribution is -0.137. The van der Waals surface area contributed by atoms with E-state index in [1.807, 2.05) is 0 Å². The van der Waals surface area contributed by atoms with Gasteiger partial charge in [-0.1, -0.05) is 50.9 Å². The molecule has 0 saturated heterocycles. The van der Waals surface area contributed by atoms with Crippen LogP contribution in [0.1, 0.15) is 77.6 Å². The van der Waals surface area contributed by atoms with Crippen LogP contribution in [0.2, 0.25) is 0 Å². The van der Waals surface area contributed by atoms with Gasteiger partial charge in [0.05, 0.1) is 12.0 Å². The number of hydrogen-bond donors (Lipinski definition) is 3. The average molecular weight is 352 g/mol.